The highest BCUT2D eigenvalue weighted by Gasteiger charge is 2.42. The van der Waals surface area contributed by atoms with E-state index >= 15 is 0 Å². The molecule has 0 amide bonds. The Morgan fingerprint density at radius 2 is 1.64 bits per heavy atom. The number of thiophene rings is 1. The molecule has 10 heteroatoms. The topological polar surface area (TPSA) is 35.5 Å². The first-order chi connectivity index (χ1) is 15.3. The third kappa shape index (κ3) is 5.98. The highest BCUT2D eigenvalue weighted by Crippen LogP contribution is 2.66. The van der Waals surface area contributed by atoms with Crippen LogP contribution in [0, 0.1) is 5.82 Å². The Bertz CT molecular complexity index is 1160. The van der Waals surface area contributed by atoms with Gasteiger partial charge in [-0.25, -0.2) is 4.39 Å². The monoisotopic (exact) mass is 522 g/mol. The molecule has 0 aliphatic rings. The summed E-state index contributed by atoms with van der Waals surface area (Å²) in [5.74, 6) is -0.842. The second-order valence-electron chi connectivity index (χ2n) is 8.15. The summed E-state index contributed by atoms with van der Waals surface area (Å²) < 4.78 is 81.0. The van der Waals surface area contributed by atoms with Crippen LogP contribution in [-0.4, -0.2) is 12.2 Å². The molecule has 0 fully saturated rings. The van der Waals surface area contributed by atoms with Crippen LogP contribution in [-0.2, 0) is 26.2 Å². The summed E-state index contributed by atoms with van der Waals surface area (Å²) in [7, 11) is -4.01. The molecule has 3 rings (SSSR count). The van der Waals surface area contributed by atoms with Crippen LogP contribution in [0.25, 0.3) is 10.1 Å². The molecule has 0 spiro atoms. The van der Waals surface area contributed by atoms with Crippen molar-refractivity contribution in [2.24, 2.45) is 0 Å². The largest absolute Gasteiger partial charge is 0.416 e. The van der Waals surface area contributed by atoms with Crippen molar-refractivity contribution in [1.82, 2.24) is 0 Å². The van der Waals surface area contributed by atoms with Gasteiger partial charge in [-0.15, -0.1) is 11.3 Å². The summed E-state index contributed by atoms with van der Waals surface area (Å²) in [6.45, 7) is 6.69. The molecule has 0 saturated carbocycles. The number of benzene rings is 2. The summed E-state index contributed by atoms with van der Waals surface area (Å²) >= 11 is 7.88. The first-order valence-electron chi connectivity index (χ1n) is 10.3. The van der Waals surface area contributed by atoms with E-state index in [1.807, 2.05) is 12.1 Å². The van der Waals surface area contributed by atoms with Gasteiger partial charge in [0.1, 0.15) is 11.5 Å². The average molecular weight is 523 g/mol. The zero-order chi connectivity index (χ0) is 24.6. The van der Waals surface area contributed by atoms with E-state index in [-0.39, 0.29) is 12.0 Å². The zero-order valence-electron chi connectivity index (χ0n) is 18.5. The maximum absolute atomic E-state index is 14.7. The molecule has 0 bridgehead atoms. The van der Waals surface area contributed by atoms with Crippen LogP contribution < -0.4 is 0 Å². The third-order valence-electron chi connectivity index (χ3n) is 4.75. The summed E-state index contributed by atoms with van der Waals surface area (Å²) in [5.41, 5.74) is -2.35. The Labute approximate surface area is 199 Å². The van der Waals surface area contributed by atoms with Gasteiger partial charge in [-0.2, -0.15) is 13.2 Å². The molecule has 0 saturated heterocycles. The van der Waals surface area contributed by atoms with Gasteiger partial charge >= 0.3 is 13.8 Å². The lowest BCUT2D eigenvalue weighted by molar-refractivity contribution is -0.137. The Morgan fingerprint density at radius 1 is 1.03 bits per heavy atom. The van der Waals surface area contributed by atoms with Crippen molar-refractivity contribution in [3.05, 3.63) is 69.3 Å². The van der Waals surface area contributed by atoms with Crippen molar-refractivity contribution < 1.29 is 31.2 Å². The number of hydrogen-bond donors (Lipinski definition) is 0. The Hall–Kier alpha value is -1.44. The van der Waals surface area contributed by atoms with E-state index in [9.17, 15) is 22.1 Å². The smallest absolute Gasteiger partial charge is 0.305 e. The predicted octanol–water partition coefficient (Wildman–Crippen LogP) is 9.04. The van der Waals surface area contributed by atoms with Gasteiger partial charge in [0, 0.05) is 15.0 Å². The normalized spacial score (nSPS) is 13.9. The first kappa shape index (κ1) is 26.2. The van der Waals surface area contributed by atoms with Crippen LogP contribution in [0.1, 0.15) is 49.4 Å². The van der Waals surface area contributed by atoms with Gasteiger partial charge in [0.25, 0.3) is 0 Å². The van der Waals surface area contributed by atoms with Crippen LogP contribution in [0.4, 0.5) is 17.6 Å². The Morgan fingerprint density at radius 3 is 2.18 bits per heavy atom. The lowest BCUT2D eigenvalue weighted by Crippen LogP contribution is -2.16. The van der Waals surface area contributed by atoms with E-state index in [1.165, 1.54) is 11.3 Å². The Balaban J connectivity index is 2.21. The maximum atomic E-state index is 14.7. The fraction of sp³-hybridized carbons (Fsp3) is 0.391. The maximum Gasteiger partial charge on any atom is 0.416 e. The van der Waals surface area contributed by atoms with Crippen molar-refractivity contribution in [2.75, 3.05) is 0 Å². The standard InChI is InChI=1S/C23H24ClF4O3PS/c1-13(2)30-32(29,31-14(3)4)19(22-21(24)17-7-5-6-8-20(17)33-22)12-15-11-16(23(26,27)28)9-10-18(15)25/h5-11,13-14,19H,12H2,1-4H3. The highest BCUT2D eigenvalue weighted by atomic mass is 35.5. The number of alkyl halides is 3. The summed E-state index contributed by atoms with van der Waals surface area (Å²) in [6.07, 6.45) is -6.04. The van der Waals surface area contributed by atoms with Crippen molar-refractivity contribution in [1.29, 1.82) is 0 Å². The lowest BCUT2D eigenvalue weighted by atomic mass is 10.0. The minimum atomic E-state index is -4.65. The highest BCUT2D eigenvalue weighted by molar-refractivity contribution is 7.54. The molecule has 33 heavy (non-hydrogen) atoms. The molecule has 1 aromatic heterocycles. The van der Waals surface area contributed by atoms with Crippen molar-refractivity contribution in [3.8, 4) is 0 Å². The van der Waals surface area contributed by atoms with E-state index in [1.54, 1.807) is 39.8 Å². The van der Waals surface area contributed by atoms with Gasteiger partial charge in [0.2, 0.25) is 0 Å². The fourth-order valence-electron chi connectivity index (χ4n) is 3.47. The Kier molecular flexibility index (Phi) is 7.97. The van der Waals surface area contributed by atoms with Gasteiger partial charge in [0.05, 0.1) is 22.8 Å². The predicted molar refractivity (Wildman–Crippen MR) is 125 cm³/mol. The number of rotatable bonds is 8. The van der Waals surface area contributed by atoms with Crippen molar-refractivity contribution in [3.63, 3.8) is 0 Å². The van der Waals surface area contributed by atoms with Crippen LogP contribution in [0.15, 0.2) is 42.5 Å². The number of halogens is 5. The van der Waals surface area contributed by atoms with E-state index in [2.05, 4.69) is 0 Å². The summed E-state index contributed by atoms with van der Waals surface area (Å²) in [6, 6.07) is 9.40. The molecular formula is C23H24ClF4O3PS. The fourth-order valence-corrected chi connectivity index (χ4v) is 8.00. The summed E-state index contributed by atoms with van der Waals surface area (Å²) in [5, 5.41) is 1.00. The van der Waals surface area contributed by atoms with E-state index in [0.29, 0.717) is 21.4 Å². The zero-order valence-corrected chi connectivity index (χ0v) is 20.9. The van der Waals surface area contributed by atoms with Gasteiger partial charge in [-0.1, -0.05) is 29.8 Å². The quantitative estimate of drug-likeness (QED) is 0.219. The molecule has 0 N–H and O–H groups in total. The molecular weight excluding hydrogens is 499 g/mol. The van der Waals surface area contributed by atoms with E-state index in [4.69, 9.17) is 20.6 Å². The molecule has 3 nitrogen and oxygen atoms in total. The molecule has 3 aromatic rings. The molecule has 180 valence electrons. The van der Waals surface area contributed by atoms with Crippen LogP contribution in [0.2, 0.25) is 5.02 Å². The van der Waals surface area contributed by atoms with Gasteiger partial charge in [-0.3, -0.25) is 4.57 Å². The van der Waals surface area contributed by atoms with E-state index in [0.717, 1.165) is 16.8 Å². The minimum absolute atomic E-state index is 0.247. The molecule has 2 aromatic carbocycles. The lowest BCUT2D eigenvalue weighted by Gasteiger charge is -2.30. The number of fused-ring (bicyclic) bond motifs is 1. The minimum Gasteiger partial charge on any atom is -0.305 e. The molecule has 0 aliphatic carbocycles. The second-order valence-corrected chi connectivity index (χ2v) is 11.7. The first-order valence-corrected chi connectivity index (χ1v) is 13.1. The average Bonchev–Trinajstić information content (AvgIpc) is 3.01. The van der Waals surface area contributed by atoms with Crippen LogP contribution in [0.3, 0.4) is 0 Å². The van der Waals surface area contributed by atoms with Crippen molar-refractivity contribution in [2.45, 2.75) is 58.2 Å². The summed E-state index contributed by atoms with van der Waals surface area (Å²) in [4.78, 5) is 0.416. The van der Waals surface area contributed by atoms with Gasteiger partial charge < -0.3 is 9.05 Å². The molecule has 1 atom stereocenters. The third-order valence-corrected chi connectivity index (χ3v) is 9.36. The molecule has 1 heterocycles. The van der Waals surface area contributed by atoms with Gasteiger partial charge in [-0.05, 0) is 63.9 Å². The second kappa shape index (κ2) is 10.0. The molecule has 0 aliphatic heterocycles. The van der Waals surface area contributed by atoms with Gasteiger partial charge in [0.15, 0.2) is 0 Å². The molecule has 1 unspecified atom stereocenters. The van der Waals surface area contributed by atoms with Crippen LogP contribution in [0.5, 0.6) is 0 Å². The van der Waals surface area contributed by atoms with E-state index < -0.39 is 43.0 Å². The molecule has 0 radical (unpaired) electrons. The SMILES string of the molecule is CC(C)OP(=O)(OC(C)C)C(Cc1cc(C(F)(F)F)ccc1F)c1sc2ccccc2c1Cl. The van der Waals surface area contributed by atoms with Crippen LogP contribution >= 0.6 is 30.5 Å². The number of hydrogen-bond acceptors (Lipinski definition) is 4. The van der Waals surface area contributed by atoms with Crippen molar-refractivity contribution >= 4 is 40.6 Å².